The van der Waals surface area contributed by atoms with Gasteiger partial charge in [-0.2, -0.15) is 0 Å². The Morgan fingerprint density at radius 3 is 2.88 bits per heavy atom. The fourth-order valence-corrected chi connectivity index (χ4v) is 3.02. The molecule has 1 N–H and O–H groups in total. The highest BCUT2D eigenvalue weighted by atomic mass is 32.1. The molecule has 0 radical (unpaired) electrons. The van der Waals surface area contributed by atoms with E-state index in [1.807, 2.05) is 0 Å². The Morgan fingerprint density at radius 1 is 1.38 bits per heavy atom. The zero-order valence-electron chi connectivity index (χ0n) is 12.9. The van der Waals surface area contributed by atoms with Gasteiger partial charge in [-0.1, -0.05) is 0 Å². The minimum atomic E-state index is -0.355. The van der Waals surface area contributed by atoms with Crippen LogP contribution in [0.5, 0.6) is 0 Å². The van der Waals surface area contributed by atoms with Gasteiger partial charge in [-0.3, -0.25) is 18.9 Å². The molecule has 1 amide bonds. The van der Waals surface area contributed by atoms with Crippen molar-refractivity contribution in [2.45, 2.75) is 6.54 Å². The van der Waals surface area contributed by atoms with Gasteiger partial charge in [-0.15, -0.1) is 11.3 Å². The highest BCUT2D eigenvalue weighted by Crippen LogP contribution is 2.09. The number of hydrogen-bond acceptors (Lipinski definition) is 5. The Morgan fingerprint density at radius 2 is 2.12 bits per heavy atom. The molecule has 2 aromatic heterocycles. The smallest absolute Gasteiger partial charge is 0.258 e. The topological polar surface area (TPSA) is 66.7 Å². The minimum absolute atomic E-state index is 0.128. The van der Waals surface area contributed by atoms with E-state index in [9.17, 15) is 14.0 Å². The van der Waals surface area contributed by atoms with Gasteiger partial charge in [0.2, 0.25) is 5.91 Å². The third-order valence-electron chi connectivity index (χ3n) is 3.33. The molecule has 0 saturated carbocycles. The van der Waals surface area contributed by atoms with E-state index in [1.165, 1.54) is 46.1 Å². The maximum Gasteiger partial charge on any atom is 0.258 e. The number of aromatic nitrogens is 2. The van der Waals surface area contributed by atoms with Crippen LogP contribution in [0.1, 0.15) is 5.69 Å². The Bertz CT molecular complexity index is 920. The van der Waals surface area contributed by atoms with Crippen molar-refractivity contribution >= 4 is 27.9 Å². The molecule has 0 atom stereocenters. The second kappa shape index (κ2) is 6.90. The molecule has 3 aromatic rings. The lowest BCUT2D eigenvalue weighted by Crippen LogP contribution is -2.30. The first-order valence-electron chi connectivity index (χ1n) is 7.21. The fraction of sp³-hybridized carbons (Fsp3) is 0.188. The first-order valence-corrected chi connectivity index (χ1v) is 8.09. The molecule has 0 aliphatic carbocycles. The summed E-state index contributed by atoms with van der Waals surface area (Å²) in [6, 6.07) is 7.04. The Labute approximate surface area is 141 Å². The molecule has 0 fully saturated rings. The SMILES string of the molecule is CN(CC(=O)Nc1ccc(F)cc1)Cc1cc(=O)n2ccsc2n1. The number of carbonyl (C=O) groups excluding carboxylic acids is 1. The highest BCUT2D eigenvalue weighted by molar-refractivity contribution is 7.15. The van der Waals surface area contributed by atoms with E-state index in [4.69, 9.17) is 0 Å². The van der Waals surface area contributed by atoms with E-state index in [0.29, 0.717) is 22.9 Å². The van der Waals surface area contributed by atoms with E-state index < -0.39 is 0 Å². The zero-order chi connectivity index (χ0) is 17.1. The number of nitrogens with one attached hydrogen (secondary N) is 1. The summed E-state index contributed by atoms with van der Waals surface area (Å²) in [6.45, 7) is 0.503. The number of halogens is 1. The first-order chi connectivity index (χ1) is 11.5. The van der Waals surface area contributed by atoms with Crippen molar-refractivity contribution in [1.29, 1.82) is 0 Å². The summed E-state index contributed by atoms with van der Waals surface area (Å²) >= 11 is 1.38. The van der Waals surface area contributed by atoms with Gasteiger partial charge in [-0.05, 0) is 31.3 Å². The lowest BCUT2D eigenvalue weighted by atomic mass is 10.3. The molecule has 0 bridgehead atoms. The molecular formula is C16H15FN4O2S. The van der Waals surface area contributed by atoms with Crippen LogP contribution in [0.15, 0.2) is 46.7 Å². The highest BCUT2D eigenvalue weighted by Gasteiger charge is 2.10. The van der Waals surface area contributed by atoms with Crippen LogP contribution in [0.4, 0.5) is 10.1 Å². The zero-order valence-corrected chi connectivity index (χ0v) is 13.7. The summed E-state index contributed by atoms with van der Waals surface area (Å²) in [5, 5.41) is 4.49. The van der Waals surface area contributed by atoms with Gasteiger partial charge >= 0.3 is 0 Å². The summed E-state index contributed by atoms with van der Waals surface area (Å²) < 4.78 is 14.3. The van der Waals surface area contributed by atoms with Crippen LogP contribution in [0.3, 0.4) is 0 Å². The van der Waals surface area contributed by atoms with Gasteiger partial charge in [0.05, 0.1) is 12.2 Å². The van der Waals surface area contributed by atoms with Gasteiger partial charge in [0.1, 0.15) is 5.82 Å². The first kappa shape index (κ1) is 16.3. The van der Waals surface area contributed by atoms with Crippen molar-refractivity contribution in [3.8, 4) is 0 Å². The molecule has 0 spiro atoms. The van der Waals surface area contributed by atoms with E-state index in [0.717, 1.165) is 0 Å². The number of likely N-dealkylation sites (N-methyl/N-ethyl adjacent to an activating group) is 1. The van der Waals surface area contributed by atoms with Gasteiger partial charge in [0.25, 0.3) is 5.56 Å². The van der Waals surface area contributed by atoms with Crippen molar-refractivity contribution in [1.82, 2.24) is 14.3 Å². The largest absolute Gasteiger partial charge is 0.325 e. The number of benzene rings is 1. The molecular weight excluding hydrogens is 331 g/mol. The summed E-state index contributed by atoms with van der Waals surface area (Å²) in [4.78, 5) is 30.7. The molecule has 0 saturated heterocycles. The molecule has 0 unspecified atom stereocenters. The van der Waals surface area contributed by atoms with E-state index in [2.05, 4.69) is 10.3 Å². The average molecular weight is 346 g/mol. The second-order valence-corrected chi connectivity index (χ2v) is 6.24. The van der Waals surface area contributed by atoms with Crippen molar-refractivity contribution < 1.29 is 9.18 Å². The third kappa shape index (κ3) is 3.84. The van der Waals surface area contributed by atoms with Crippen LogP contribution in [0.25, 0.3) is 4.96 Å². The average Bonchev–Trinajstić information content (AvgIpc) is 2.98. The quantitative estimate of drug-likeness (QED) is 0.767. The molecule has 8 heteroatoms. The predicted octanol–water partition coefficient (Wildman–Crippen LogP) is 1.97. The molecule has 2 heterocycles. The number of nitrogens with zero attached hydrogens (tertiary/aromatic N) is 3. The number of thiazole rings is 1. The van der Waals surface area contributed by atoms with E-state index in [-0.39, 0.29) is 23.8 Å². The number of carbonyl (C=O) groups is 1. The Kier molecular flexibility index (Phi) is 4.68. The maximum atomic E-state index is 12.8. The predicted molar refractivity (Wildman–Crippen MR) is 90.7 cm³/mol. The van der Waals surface area contributed by atoms with E-state index in [1.54, 1.807) is 23.5 Å². The summed E-state index contributed by atoms with van der Waals surface area (Å²) in [7, 11) is 1.77. The van der Waals surface area contributed by atoms with Crippen molar-refractivity contribution in [3.05, 3.63) is 63.8 Å². The Hall–Kier alpha value is -2.58. The number of amides is 1. The summed E-state index contributed by atoms with van der Waals surface area (Å²) in [5.41, 5.74) is 1.01. The van der Waals surface area contributed by atoms with E-state index >= 15 is 0 Å². The van der Waals surface area contributed by atoms with Crippen molar-refractivity contribution in [2.75, 3.05) is 18.9 Å². The molecule has 124 valence electrons. The minimum Gasteiger partial charge on any atom is -0.325 e. The standard InChI is InChI=1S/C16H15FN4O2S/c1-20(10-14(22)18-12-4-2-11(17)3-5-12)9-13-8-15(23)21-6-7-24-16(21)19-13/h2-8H,9-10H2,1H3,(H,18,22). The fourth-order valence-electron chi connectivity index (χ4n) is 2.28. The maximum absolute atomic E-state index is 12.8. The van der Waals surface area contributed by atoms with Gasteiger partial charge in [-0.25, -0.2) is 9.37 Å². The van der Waals surface area contributed by atoms with Crippen LogP contribution < -0.4 is 10.9 Å². The van der Waals surface area contributed by atoms with Crippen LogP contribution in [0.2, 0.25) is 0 Å². The normalized spacial score (nSPS) is 11.1. The summed E-state index contributed by atoms with van der Waals surface area (Å²) in [5.74, 6) is -0.579. The van der Waals surface area contributed by atoms with Crippen molar-refractivity contribution in [2.24, 2.45) is 0 Å². The third-order valence-corrected chi connectivity index (χ3v) is 4.09. The van der Waals surface area contributed by atoms with Gasteiger partial charge in [0, 0.05) is 29.9 Å². The van der Waals surface area contributed by atoms with Crippen molar-refractivity contribution in [3.63, 3.8) is 0 Å². The molecule has 0 aliphatic heterocycles. The second-order valence-electron chi connectivity index (χ2n) is 5.37. The van der Waals surface area contributed by atoms with Crippen LogP contribution in [0, 0.1) is 5.82 Å². The van der Waals surface area contributed by atoms with Crippen LogP contribution >= 0.6 is 11.3 Å². The molecule has 3 rings (SSSR count). The van der Waals surface area contributed by atoms with Gasteiger partial charge < -0.3 is 5.32 Å². The number of fused-ring (bicyclic) bond motifs is 1. The summed E-state index contributed by atoms with van der Waals surface area (Å²) in [6.07, 6.45) is 1.68. The lowest BCUT2D eigenvalue weighted by molar-refractivity contribution is -0.117. The van der Waals surface area contributed by atoms with Crippen LogP contribution in [-0.2, 0) is 11.3 Å². The van der Waals surface area contributed by atoms with Crippen LogP contribution in [-0.4, -0.2) is 33.8 Å². The number of hydrogen-bond donors (Lipinski definition) is 1. The number of anilines is 1. The number of rotatable bonds is 5. The lowest BCUT2D eigenvalue weighted by Gasteiger charge is -2.15. The molecule has 6 nitrogen and oxygen atoms in total. The van der Waals surface area contributed by atoms with Gasteiger partial charge in [0.15, 0.2) is 4.96 Å². The molecule has 24 heavy (non-hydrogen) atoms. The monoisotopic (exact) mass is 346 g/mol. The molecule has 0 aliphatic rings. The Balaban J connectivity index is 1.61. The molecule has 1 aromatic carbocycles.